The lowest BCUT2D eigenvalue weighted by Crippen LogP contribution is -2.43. The summed E-state index contributed by atoms with van der Waals surface area (Å²) in [7, 11) is 0. The van der Waals surface area contributed by atoms with E-state index in [-0.39, 0.29) is 30.3 Å². The summed E-state index contributed by atoms with van der Waals surface area (Å²) >= 11 is 0. The maximum absolute atomic E-state index is 15.0. The topological polar surface area (TPSA) is 111 Å². The number of hydrogen-bond acceptors (Lipinski definition) is 6. The van der Waals surface area contributed by atoms with Gasteiger partial charge in [0.15, 0.2) is 5.82 Å². The zero-order valence-electron chi connectivity index (χ0n) is 23.7. The molecule has 2 aromatic carbocycles. The molecule has 0 unspecified atom stereocenters. The van der Waals surface area contributed by atoms with Gasteiger partial charge >= 0.3 is 6.03 Å². The lowest BCUT2D eigenvalue weighted by atomic mass is 9.97. The van der Waals surface area contributed by atoms with Crippen LogP contribution in [0.15, 0.2) is 73.5 Å². The van der Waals surface area contributed by atoms with Crippen molar-refractivity contribution in [1.29, 1.82) is 0 Å². The molecule has 4 N–H and O–H groups in total. The Hall–Kier alpha value is -5.06. The molecule has 218 valence electrons. The summed E-state index contributed by atoms with van der Waals surface area (Å²) in [5, 5.41) is 11.9. The molecule has 4 rings (SSSR count). The highest BCUT2D eigenvalue weighted by atomic mass is 19.1. The summed E-state index contributed by atoms with van der Waals surface area (Å²) < 4.78 is 29.9. The summed E-state index contributed by atoms with van der Waals surface area (Å²) in [6.45, 7) is 13.9. The molecule has 2 heterocycles. The van der Waals surface area contributed by atoms with Gasteiger partial charge in [0.2, 0.25) is 5.95 Å². The number of hydrogen-bond donors (Lipinski definition) is 4. The van der Waals surface area contributed by atoms with E-state index in [0.717, 1.165) is 28.3 Å². The molecule has 3 amide bonds. The second-order valence-corrected chi connectivity index (χ2v) is 9.84. The molecule has 1 aliphatic heterocycles. The summed E-state index contributed by atoms with van der Waals surface area (Å²) in [6, 6.07) is 7.78. The van der Waals surface area contributed by atoms with Crippen molar-refractivity contribution >= 4 is 29.4 Å². The van der Waals surface area contributed by atoms with E-state index in [1.165, 1.54) is 6.07 Å². The molecule has 0 spiro atoms. The molecule has 0 aliphatic carbocycles. The fourth-order valence-corrected chi connectivity index (χ4v) is 4.44. The zero-order valence-corrected chi connectivity index (χ0v) is 23.7. The van der Waals surface area contributed by atoms with E-state index in [1.54, 1.807) is 36.4 Å². The minimum atomic E-state index is -0.925. The molecule has 3 aromatic rings. The van der Waals surface area contributed by atoms with Crippen molar-refractivity contribution in [2.45, 2.75) is 33.4 Å². The molecule has 42 heavy (non-hydrogen) atoms. The second-order valence-electron chi connectivity index (χ2n) is 9.84. The van der Waals surface area contributed by atoms with Crippen LogP contribution in [0, 0.1) is 18.6 Å². The zero-order chi connectivity index (χ0) is 30.4. The lowest BCUT2D eigenvalue weighted by molar-refractivity contribution is 0.0943. The van der Waals surface area contributed by atoms with E-state index < -0.39 is 23.4 Å². The number of allylic oxidation sites excluding steroid dienone is 3. The van der Waals surface area contributed by atoms with Gasteiger partial charge in [-0.05, 0) is 62.8 Å². The maximum atomic E-state index is 15.0. The number of amides is 3. The molecule has 0 atom stereocenters. The van der Waals surface area contributed by atoms with Gasteiger partial charge in [0.1, 0.15) is 17.3 Å². The minimum Gasteiger partial charge on any atom is -0.383 e. The van der Waals surface area contributed by atoms with Gasteiger partial charge in [-0.2, -0.15) is 4.98 Å². The highest BCUT2D eigenvalue weighted by molar-refractivity contribution is 6.02. The molecule has 0 saturated carbocycles. The van der Waals surface area contributed by atoms with Crippen molar-refractivity contribution in [3.8, 4) is 11.3 Å². The first kappa shape index (κ1) is 29.9. The highest BCUT2D eigenvalue weighted by Gasteiger charge is 2.34. The van der Waals surface area contributed by atoms with Crippen LogP contribution in [0.1, 0.15) is 35.3 Å². The minimum absolute atomic E-state index is 0.00874. The Morgan fingerprint density at radius 1 is 1.14 bits per heavy atom. The monoisotopic (exact) mass is 573 g/mol. The van der Waals surface area contributed by atoms with Crippen LogP contribution in [0.3, 0.4) is 0 Å². The molecule has 1 aromatic heterocycles. The van der Waals surface area contributed by atoms with Crippen LogP contribution >= 0.6 is 0 Å². The van der Waals surface area contributed by atoms with Gasteiger partial charge < -0.3 is 21.3 Å². The van der Waals surface area contributed by atoms with E-state index in [4.69, 9.17) is 4.98 Å². The Balaban J connectivity index is 1.84. The molecular weight excluding hydrogens is 540 g/mol. The Morgan fingerprint density at radius 2 is 1.88 bits per heavy atom. The average molecular weight is 574 g/mol. The van der Waals surface area contributed by atoms with Crippen molar-refractivity contribution in [3.63, 3.8) is 0 Å². The van der Waals surface area contributed by atoms with Gasteiger partial charge in [0, 0.05) is 41.5 Å². The van der Waals surface area contributed by atoms with Crippen LogP contribution in [0.25, 0.3) is 11.3 Å². The average Bonchev–Trinajstić information content (AvgIpc) is 2.95. The number of anilines is 3. The van der Waals surface area contributed by atoms with Gasteiger partial charge in [-0.1, -0.05) is 31.4 Å². The number of carbonyl (C=O) groups excluding carboxylic acids is 2. The summed E-state index contributed by atoms with van der Waals surface area (Å²) in [4.78, 5) is 36.1. The Labute approximate surface area is 243 Å². The smallest absolute Gasteiger partial charge is 0.328 e. The molecule has 0 bridgehead atoms. The van der Waals surface area contributed by atoms with E-state index in [1.807, 2.05) is 20.8 Å². The molecule has 0 fully saturated rings. The second kappa shape index (κ2) is 13.1. The normalized spacial score (nSPS) is 12.9. The number of nitrogens with one attached hydrogen (secondary N) is 4. The van der Waals surface area contributed by atoms with Crippen LogP contribution in [0.5, 0.6) is 0 Å². The van der Waals surface area contributed by atoms with Gasteiger partial charge in [-0.25, -0.2) is 23.5 Å². The predicted molar refractivity (Wildman–Crippen MR) is 161 cm³/mol. The number of aromatic nitrogens is 2. The predicted octanol–water partition coefficient (Wildman–Crippen LogP) is 5.49. The summed E-state index contributed by atoms with van der Waals surface area (Å²) in [5.74, 6) is -1.95. The van der Waals surface area contributed by atoms with Gasteiger partial charge in [0.25, 0.3) is 5.91 Å². The van der Waals surface area contributed by atoms with Crippen LogP contribution in [-0.2, 0) is 6.54 Å². The maximum Gasteiger partial charge on any atom is 0.328 e. The van der Waals surface area contributed by atoms with Gasteiger partial charge in [-0.3, -0.25) is 4.79 Å². The van der Waals surface area contributed by atoms with Gasteiger partial charge in [-0.15, -0.1) is 0 Å². The molecule has 0 saturated heterocycles. The van der Waals surface area contributed by atoms with Crippen LogP contribution in [-0.4, -0.2) is 41.0 Å². The number of fused-ring (bicyclic) bond motifs is 1. The lowest BCUT2D eigenvalue weighted by Gasteiger charge is -2.31. The first-order valence-corrected chi connectivity index (χ1v) is 13.4. The van der Waals surface area contributed by atoms with Gasteiger partial charge in [0.05, 0.1) is 12.2 Å². The van der Waals surface area contributed by atoms with E-state index in [0.29, 0.717) is 35.5 Å². The number of benzene rings is 2. The highest BCUT2D eigenvalue weighted by Crippen LogP contribution is 2.39. The first-order valence-electron chi connectivity index (χ1n) is 13.4. The number of urea groups is 1. The Kier molecular flexibility index (Phi) is 9.31. The SMILES string of the molecule is C=C/C=C(\C=C)NCCNc1nc(-c2cc(C(=O)NC(C)C)ccc2C)c2c(n1)N(c1c(F)cccc1F)C(=O)NC2. The van der Waals surface area contributed by atoms with Crippen molar-refractivity contribution in [2.75, 3.05) is 23.3 Å². The van der Waals surface area contributed by atoms with Crippen molar-refractivity contribution in [2.24, 2.45) is 0 Å². The largest absolute Gasteiger partial charge is 0.383 e. The summed E-state index contributed by atoms with van der Waals surface area (Å²) in [5.41, 5.74) is 2.89. The number of para-hydroxylation sites is 1. The molecule has 11 heteroatoms. The molecule has 9 nitrogen and oxygen atoms in total. The standard InChI is InChI=1S/C31H33F2N7O2/c1-6-9-21(7-2)34-14-15-35-30-38-26(22-16-20(13-12-19(22)5)29(41)37-18(3)4)23-17-36-31(42)40(28(23)39-30)27-24(32)10-8-11-25(27)33/h6-13,16,18,34H,1-2,14-15,17H2,3-5H3,(H,36,42)(H,37,41)(H,35,38,39)/b21-9+. The number of halogens is 2. The van der Waals surface area contributed by atoms with Crippen LogP contribution in [0.4, 0.5) is 31.0 Å². The van der Waals surface area contributed by atoms with E-state index in [2.05, 4.69) is 39.4 Å². The number of carbonyl (C=O) groups is 2. The molecule has 1 aliphatic rings. The fourth-order valence-electron chi connectivity index (χ4n) is 4.44. The quantitative estimate of drug-likeness (QED) is 0.178. The van der Waals surface area contributed by atoms with E-state index >= 15 is 0 Å². The van der Waals surface area contributed by atoms with E-state index in [9.17, 15) is 18.4 Å². The molecule has 0 radical (unpaired) electrons. The third-order valence-corrected chi connectivity index (χ3v) is 6.41. The van der Waals surface area contributed by atoms with Crippen molar-refractivity contribution in [1.82, 2.24) is 25.9 Å². The van der Waals surface area contributed by atoms with Crippen LogP contribution in [0.2, 0.25) is 0 Å². The third kappa shape index (κ3) is 6.46. The van der Waals surface area contributed by atoms with Crippen molar-refractivity contribution < 1.29 is 18.4 Å². The summed E-state index contributed by atoms with van der Waals surface area (Å²) in [6.07, 6.45) is 5.06. The van der Waals surface area contributed by atoms with Crippen LogP contribution < -0.4 is 26.2 Å². The number of aryl methyl sites for hydroxylation is 1. The number of nitrogens with zero attached hydrogens (tertiary/aromatic N) is 3. The Bertz CT molecular complexity index is 1550. The third-order valence-electron chi connectivity index (χ3n) is 6.41. The Morgan fingerprint density at radius 3 is 2.55 bits per heavy atom. The first-order chi connectivity index (χ1) is 20.1. The number of rotatable bonds is 11. The fraction of sp³-hybridized carbons (Fsp3) is 0.226. The van der Waals surface area contributed by atoms with Crippen molar-refractivity contribution in [3.05, 3.63) is 102 Å². The molecular formula is C31H33F2N7O2.